The molecule has 2 rings (SSSR count). The van der Waals surface area contributed by atoms with Gasteiger partial charge in [0, 0.05) is 6.54 Å². The zero-order chi connectivity index (χ0) is 18.8. The number of carbonyl (C=O) groups excluding carboxylic acids is 2. The molecule has 0 aliphatic carbocycles. The molecule has 0 radical (unpaired) electrons. The van der Waals surface area contributed by atoms with Crippen LogP contribution in [0.4, 0.5) is 0 Å². The monoisotopic (exact) mass is 353 g/mol. The fraction of sp³-hybridized carbons (Fsp3) is 0.333. The maximum absolute atomic E-state index is 12.2. The summed E-state index contributed by atoms with van der Waals surface area (Å²) < 4.78 is 0. The van der Waals surface area contributed by atoms with Gasteiger partial charge in [-0.25, -0.2) is 0 Å². The van der Waals surface area contributed by atoms with Crippen molar-refractivity contribution in [3.05, 3.63) is 71.8 Å². The van der Waals surface area contributed by atoms with Gasteiger partial charge in [0.15, 0.2) is 0 Å². The van der Waals surface area contributed by atoms with Crippen LogP contribution in [0, 0.1) is 0 Å². The van der Waals surface area contributed by atoms with E-state index < -0.39 is 6.04 Å². The van der Waals surface area contributed by atoms with Crippen LogP contribution >= 0.6 is 0 Å². The van der Waals surface area contributed by atoms with Gasteiger partial charge in [-0.2, -0.15) is 0 Å². The molecular weight excluding hydrogens is 326 g/mol. The Bertz CT molecular complexity index is 649. The van der Waals surface area contributed by atoms with Crippen molar-refractivity contribution in [2.45, 2.75) is 32.4 Å². The lowest BCUT2D eigenvalue weighted by atomic mass is 9.99. The Hall–Kier alpha value is -2.66. The molecule has 0 aliphatic heterocycles. The molecule has 0 heterocycles. The lowest BCUT2D eigenvalue weighted by Gasteiger charge is -2.20. The molecule has 26 heavy (non-hydrogen) atoms. The van der Waals surface area contributed by atoms with E-state index in [1.807, 2.05) is 67.6 Å². The van der Waals surface area contributed by atoms with Gasteiger partial charge in [0.25, 0.3) is 0 Å². The average Bonchev–Trinajstić information content (AvgIpc) is 2.67. The summed E-state index contributed by atoms with van der Waals surface area (Å²) in [5, 5.41) is 8.81. The summed E-state index contributed by atoms with van der Waals surface area (Å²) in [4.78, 5) is 24.1. The highest BCUT2D eigenvalue weighted by Gasteiger charge is 2.17. The summed E-state index contributed by atoms with van der Waals surface area (Å²) >= 11 is 0. The molecule has 0 bridgehead atoms. The molecule has 3 N–H and O–H groups in total. The third-order valence-electron chi connectivity index (χ3n) is 4.05. The van der Waals surface area contributed by atoms with Crippen molar-refractivity contribution in [3.63, 3.8) is 0 Å². The van der Waals surface area contributed by atoms with Gasteiger partial charge in [0.1, 0.15) is 6.04 Å². The van der Waals surface area contributed by atoms with Gasteiger partial charge in [-0.15, -0.1) is 0 Å². The summed E-state index contributed by atoms with van der Waals surface area (Å²) in [6, 6.07) is 19.3. The standard InChI is InChI=1S/C21H27N3O2/c1-3-14-22-21(26)16(2)24-19(25)15-23-20(17-10-6-4-7-11-17)18-12-8-5-9-13-18/h4-13,16,20,23H,3,14-15H2,1-2H3,(H,22,26)(H,24,25)/t16-/m1/s1. The fourth-order valence-corrected chi connectivity index (χ4v) is 2.67. The van der Waals surface area contributed by atoms with Crippen LogP contribution < -0.4 is 16.0 Å². The van der Waals surface area contributed by atoms with Gasteiger partial charge in [0.05, 0.1) is 12.6 Å². The van der Waals surface area contributed by atoms with Crippen molar-refractivity contribution in [2.75, 3.05) is 13.1 Å². The first kappa shape index (κ1) is 19.7. The van der Waals surface area contributed by atoms with E-state index in [1.165, 1.54) is 0 Å². The minimum absolute atomic E-state index is 0.0904. The van der Waals surface area contributed by atoms with Gasteiger partial charge in [0.2, 0.25) is 11.8 Å². The highest BCUT2D eigenvalue weighted by atomic mass is 16.2. The number of rotatable bonds is 9. The molecule has 2 aromatic carbocycles. The molecule has 0 saturated heterocycles. The molecule has 0 saturated carbocycles. The van der Waals surface area contributed by atoms with E-state index in [4.69, 9.17) is 0 Å². The Morgan fingerprint density at radius 3 is 1.96 bits per heavy atom. The molecule has 0 fully saturated rings. The van der Waals surface area contributed by atoms with E-state index in [0.29, 0.717) is 6.54 Å². The number of benzene rings is 2. The van der Waals surface area contributed by atoms with Crippen LogP contribution in [0.2, 0.25) is 0 Å². The molecule has 2 amide bonds. The molecule has 0 aliphatic rings. The van der Waals surface area contributed by atoms with Crippen LogP contribution in [-0.2, 0) is 9.59 Å². The maximum Gasteiger partial charge on any atom is 0.242 e. The van der Waals surface area contributed by atoms with Crippen LogP contribution in [0.3, 0.4) is 0 Å². The first-order valence-electron chi connectivity index (χ1n) is 9.02. The number of hydrogen-bond donors (Lipinski definition) is 3. The molecule has 2 aromatic rings. The highest BCUT2D eigenvalue weighted by Crippen LogP contribution is 2.21. The van der Waals surface area contributed by atoms with Gasteiger partial charge in [-0.05, 0) is 24.5 Å². The summed E-state index contributed by atoms with van der Waals surface area (Å²) in [7, 11) is 0. The summed E-state index contributed by atoms with van der Waals surface area (Å²) in [5.41, 5.74) is 2.17. The average molecular weight is 353 g/mol. The van der Waals surface area contributed by atoms with Crippen LogP contribution in [0.5, 0.6) is 0 Å². The Balaban J connectivity index is 1.97. The second-order valence-corrected chi connectivity index (χ2v) is 6.22. The van der Waals surface area contributed by atoms with E-state index in [-0.39, 0.29) is 24.4 Å². The van der Waals surface area contributed by atoms with Crippen LogP contribution in [-0.4, -0.2) is 30.9 Å². The molecule has 1 atom stereocenters. The van der Waals surface area contributed by atoms with E-state index in [0.717, 1.165) is 17.5 Å². The lowest BCUT2D eigenvalue weighted by molar-refractivity contribution is -0.128. The first-order valence-corrected chi connectivity index (χ1v) is 9.02. The molecule has 138 valence electrons. The Labute approximate surface area is 155 Å². The van der Waals surface area contributed by atoms with E-state index in [9.17, 15) is 9.59 Å². The van der Waals surface area contributed by atoms with Crippen LogP contribution in [0.25, 0.3) is 0 Å². The SMILES string of the molecule is CCCNC(=O)[C@@H](C)NC(=O)CNC(c1ccccc1)c1ccccc1. The van der Waals surface area contributed by atoms with Crippen molar-refractivity contribution < 1.29 is 9.59 Å². The van der Waals surface area contributed by atoms with E-state index in [2.05, 4.69) is 16.0 Å². The number of carbonyl (C=O) groups is 2. The molecule has 0 aromatic heterocycles. The normalized spacial score (nSPS) is 11.8. The smallest absolute Gasteiger partial charge is 0.242 e. The number of nitrogens with one attached hydrogen (secondary N) is 3. The fourth-order valence-electron chi connectivity index (χ4n) is 2.67. The van der Waals surface area contributed by atoms with Crippen molar-refractivity contribution in [2.24, 2.45) is 0 Å². The minimum atomic E-state index is -0.553. The Kier molecular flexibility index (Phi) is 7.83. The second-order valence-electron chi connectivity index (χ2n) is 6.22. The molecule has 5 nitrogen and oxygen atoms in total. The third-order valence-corrected chi connectivity index (χ3v) is 4.05. The summed E-state index contributed by atoms with van der Waals surface area (Å²) in [6.07, 6.45) is 0.865. The van der Waals surface area contributed by atoms with E-state index in [1.54, 1.807) is 6.92 Å². The second kappa shape index (κ2) is 10.4. The Morgan fingerprint density at radius 1 is 0.923 bits per heavy atom. The predicted molar refractivity (Wildman–Crippen MR) is 104 cm³/mol. The lowest BCUT2D eigenvalue weighted by Crippen LogP contribution is -2.47. The van der Waals surface area contributed by atoms with Crippen molar-refractivity contribution in [1.82, 2.24) is 16.0 Å². The zero-order valence-corrected chi connectivity index (χ0v) is 15.4. The minimum Gasteiger partial charge on any atom is -0.354 e. The first-order chi connectivity index (χ1) is 12.6. The molecule has 5 heteroatoms. The number of amides is 2. The quantitative estimate of drug-likeness (QED) is 0.648. The van der Waals surface area contributed by atoms with E-state index >= 15 is 0 Å². The number of hydrogen-bond acceptors (Lipinski definition) is 3. The topological polar surface area (TPSA) is 70.2 Å². The van der Waals surface area contributed by atoms with Gasteiger partial charge in [-0.1, -0.05) is 67.6 Å². The van der Waals surface area contributed by atoms with Crippen LogP contribution in [0.15, 0.2) is 60.7 Å². The zero-order valence-electron chi connectivity index (χ0n) is 15.4. The predicted octanol–water partition coefficient (Wildman–Crippen LogP) is 2.40. The van der Waals surface area contributed by atoms with Crippen molar-refractivity contribution in [1.29, 1.82) is 0 Å². The molecular formula is C21H27N3O2. The Morgan fingerprint density at radius 2 is 1.46 bits per heavy atom. The molecule has 0 unspecified atom stereocenters. The van der Waals surface area contributed by atoms with Crippen LogP contribution in [0.1, 0.15) is 37.4 Å². The largest absolute Gasteiger partial charge is 0.354 e. The highest BCUT2D eigenvalue weighted by molar-refractivity contribution is 5.87. The van der Waals surface area contributed by atoms with Gasteiger partial charge >= 0.3 is 0 Å². The molecule has 0 spiro atoms. The van der Waals surface area contributed by atoms with Gasteiger partial charge < -0.3 is 10.6 Å². The van der Waals surface area contributed by atoms with Gasteiger partial charge in [-0.3, -0.25) is 14.9 Å². The van der Waals surface area contributed by atoms with Crippen molar-refractivity contribution >= 4 is 11.8 Å². The summed E-state index contributed by atoms with van der Waals surface area (Å²) in [5.74, 6) is -0.371. The van der Waals surface area contributed by atoms with Crippen molar-refractivity contribution in [3.8, 4) is 0 Å². The third kappa shape index (κ3) is 6.01. The maximum atomic E-state index is 12.2. The summed E-state index contributed by atoms with van der Waals surface area (Å²) in [6.45, 7) is 4.41.